The lowest BCUT2D eigenvalue weighted by Gasteiger charge is -2.21. The molecular weight excluding hydrogens is 129 g/mol. The Kier molecular flexibility index (Phi) is 2.49. The highest BCUT2D eigenvalue weighted by molar-refractivity contribution is 7.13. The van der Waals surface area contributed by atoms with Gasteiger partial charge in [-0.1, -0.05) is 16.3 Å². The van der Waals surface area contributed by atoms with Crippen molar-refractivity contribution < 1.29 is 0 Å². The molecule has 3 atom stereocenters. The summed E-state index contributed by atoms with van der Waals surface area (Å²) in [6.07, 6.45) is 4.07. The third-order valence-electron chi connectivity index (χ3n) is 2.32. The van der Waals surface area contributed by atoms with Gasteiger partial charge in [0, 0.05) is 12.1 Å². The lowest BCUT2D eigenvalue weighted by atomic mass is 10.2. The Bertz CT molecular complexity index is 94.9. The largest absolute Gasteiger partial charge is 0.282 e. The minimum absolute atomic E-state index is 0.792. The van der Waals surface area contributed by atoms with E-state index in [1.54, 1.807) is 0 Å². The smallest absolute Gasteiger partial charge is 0.0130 e. The Balaban J connectivity index is 2.41. The molecular formula is C7H16NP. The first-order valence-corrected chi connectivity index (χ1v) is 4.30. The molecule has 0 bridgehead atoms. The quantitative estimate of drug-likeness (QED) is 0.510. The summed E-state index contributed by atoms with van der Waals surface area (Å²) in [5, 5.41) is 0. The molecule has 0 amide bonds. The fourth-order valence-corrected chi connectivity index (χ4v) is 2.02. The molecule has 2 heteroatoms. The third kappa shape index (κ3) is 1.45. The molecule has 0 aliphatic carbocycles. The van der Waals surface area contributed by atoms with Gasteiger partial charge < -0.3 is 0 Å². The lowest BCUT2D eigenvalue weighted by molar-refractivity contribution is 0.365. The van der Waals surface area contributed by atoms with E-state index < -0.39 is 0 Å². The Morgan fingerprint density at radius 2 is 2.22 bits per heavy atom. The Morgan fingerprint density at radius 3 is 2.44 bits per heavy atom. The van der Waals surface area contributed by atoms with Gasteiger partial charge in [-0.3, -0.25) is 4.67 Å². The van der Waals surface area contributed by atoms with E-state index in [0.717, 1.165) is 12.1 Å². The molecule has 0 N–H and O–H groups in total. The molecule has 54 valence electrons. The summed E-state index contributed by atoms with van der Waals surface area (Å²) in [6, 6.07) is 1.63. The van der Waals surface area contributed by atoms with Crippen LogP contribution in [0.3, 0.4) is 0 Å². The zero-order chi connectivity index (χ0) is 6.85. The van der Waals surface area contributed by atoms with Crippen molar-refractivity contribution in [2.75, 3.05) is 0 Å². The number of rotatable bonds is 1. The minimum Gasteiger partial charge on any atom is -0.282 e. The second-order valence-electron chi connectivity index (χ2n) is 2.94. The van der Waals surface area contributed by atoms with Crippen LogP contribution in [0.4, 0.5) is 0 Å². The SMILES string of the molecule is CC[C@H]1CC[C@H](C)N1P. The molecule has 1 nitrogen and oxygen atoms in total. The average Bonchev–Trinajstić information content (AvgIpc) is 2.15. The van der Waals surface area contributed by atoms with Crippen LogP contribution in [0.15, 0.2) is 0 Å². The van der Waals surface area contributed by atoms with E-state index in [1.807, 2.05) is 0 Å². The van der Waals surface area contributed by atoms with Crippen molar-refractivity contribution in [1.82, 2.24) is 4.67 Å². The van der Waals surface area contributed by atoms with Gasteiger partial charge in [-0.2, -0.15) is 0 Å². The van der Waals surface area contributed by atoms with Gasteiger partial charge in [0.15, 0.2) is 0 Å². The Morgan fingerprint density at radius 1 is 1.56 bits per heavy atom. The van der Waals surface area contributed by atoms with Crippen molar-refractivity contribution in [3.05, 3.63) is 0 Å². The van der Waals surface area contributed by atoms with Gasteiger partial charge in [-0.25, -0.2) is 0 Å². The molecule has 1 heterocycles. The van der Waals surface area contributed by atoms with Crippen LogP contribution in [0.2, 0.25) is 0 Å². The molecule has 1 fully saturated rings. The maximum Gasteiger partial charge on any atom is 0.0130 e. The van der Waals surface area contributed by atoms with Gasteiger partial charge in [0.2, 0.25) is 0 Å². The summed E-state index contributed by atoms with van der Waals surface area (Å²) in [5.41, 5.74) is 0. The van der Waals surface area contributed by atoms with Gasteiger partial charge in [-0.05, 0) is 26.2 Å². The van der Waals surface area contributed by atoms with Gasteiger partial charge in [-0.15, -0.1) is 0 Å². The molecule has 0 aromatic rings. The summed E-state index contributed by atoms with van der Waals surface area (Å²) < 4.78 is 2.42. The van der Waals surface area contributed by atoms with Crippen LogP contribution in [0.5, 0.6) is 0 Å². The van der Waals surface area contributed by atoms with Crippen LogP contribution in [0.25, 0.3) is 0 Å². The second-order valence-corrected chi connectivity index (χ2v) is 3.53. The van der Waals surface area contributed by atoms with Gasteiger partial charge in [0.25, 0.3) is 0 Å². The zero-order valence-corrected chi connectivity index (χ0v) is 7.46. The van der Waals surface area contributed by atoms with E-state index in [-0.39, 0.29) is 0 Å². The van der Waals surface area contributed by atoms with E-state index >= 15 is 0 Å². The molecule has 1 unspecified atom stereocenters. The predicted molar refractivity (Wildman–Crippen MR) is 44.3 cm³/mol. The summed E-state index contributed by atoms with van der Waals surface area (Å²) >= 11 is 0. The second kappa shape index (κ2) is 2.98. The standard InChI is InChI=1S/C7H16NP/c1-3-7-5-4-6(2)8(7)9/h6-7H,3-5,9H2,1-2H3/t6-,7-/m0/s1. The van der Waals surface area contributed by atoms with Crippen molar-refractivity contribution in [3.8, 4) is 0 Å². The molecule has 1 rings (SSSR count). The lowest BCUT2D eigenvalue weighted by Crippen LogP contribution is -2.23. The van der Waals surface area contributed by atoms with E-state index in [1.165, 1.54) is 19.3 Å². The fraction of sp³-hybridized carbons (Fsp3) is 1.00. The van der Waals surface area contributed by atoms with Crippen LogP contribution in [-0.2, 0) is 0 Å². The van der Waals surface area contributed by atoms with Gasteiger partial charge >= 0.3 is 0 Å². The minimum atomic E-state index is 0.792. The highest BCUT2D eigenvalue weighted by Gasteiger charge is 2.25. The maximum atomic E-state index is 2.83. The molecule has 0 aromatic heterocycles. The highest BCUT2D eigenvalue weighted by Crippen LogP contribution is 2.28. The monoisotopic (exact) mass is 145 g/mol. The highest BCUT2D eigenvalue weighted by atomic mass is 31.0. The molecule has 0 aromatic carbocycles. The number of hydrogen-bond acceptors (Lipinski definition) is 1. The predicted octanol–water partition coefficient (Wildman–Crippen LogP) is 2.04. The maximum absolute atomic E-state index is 2.83. The summed E-state index contributed by atoms with van der Waals surface area (Å²) in [7, 11) is 2.83. The molecule has 1 saturated heterocycles. The van der Waals surface area contributed by atoms with Crippen LogP contribution in [0.1, 0.15) is 33.1 Å². The normalized spacial score (nSPS) is 37.7. The van der Waals surface area contributed by atoms with E-state index in [2.05, 4.69) is 27.9 Å². The number of hydrogen-bond donors (Lipinski definition) is 0. The first kappa shape index (κ1) is 7.50. The molecule has 0 radical (unpaired) electrons. The van der Waals surface area contributed by atoms with Crippen LogP contribution in [-0.4, -0.2) is 16.8 Å². The van der Waals surface area contributed by atoms with Crippen LogP contribution >= 0.6 is 9.39 Å². The zero-order valence-electron chi connectivity index (χ0n) is 6.30. The van der Waals surface area contributed by atoms with Gasteiger partial charge in [0.1, 0.15) is 0 Å². The summed E-state index contributed by atoms with van der Waals surface area (Å²) in [6.45, 7) is 4.56. The Labute approximate surface area is 60.1 Å². The van der Waals surface area contributed by atoms with E-state index in [4.69, 9.17) is 0 Å². The first-order chi connectivity index (χ1) is 4.25. The summed E-state index contributed by atoms with van der Waals surface area (Å²) in [4.78, 5) is 0. The molecule has 9 heavy (non-hydrogen) atoms. The number of nitrogens with zero attached hydrogens (tertiary/aromatic N) is 1. The first-order valence-electron chi connectivity index (χ1n) is 3.78. The van der Waals surface area contributed by atoms with Crippen molar-refractivity contribution >= 4 is 9.39 Å². The Hall–Kier alpha value is 0.390. The topological polar surface area (TPSA) is 3.24 Å². The van der Waals surface area contributed by atoms with Gasteiger partial charge in [0.05, 0.1) is 0 Å². The van der Waals surface area contributed by atoms with Crippen LogP contribution in [0, 0.1) is 0 Å². The van der Waals surface area contributed by atoms with E-state index in [9.17, 15) is 0 Å². The van der Waals surface area contributed by atoms with Crippen molar-refractivity contribution in [2.24, 2.45) is 0 Å². The van der Waals surface area contributed by atoms with Crippen LogP contribution < -0.4 is 0 Å². The van der Waals surface area contributed by atoms with Crippen molar-refractivity contribution in [1.29, 1.82) is 0 Å². The van der Waals surface area contributed by atoms with Crippen molar-refractivity contribution in [3.63, 3.8) is 0 Å². The molecule has 0 saturated carbocycles. The van der Waals surface area contributed by atoms with E-state index in [0.29, 0.717) is 0 Å². The van der Waals surface area contributed by atoms with Crippen molar-refractivity contribution in [2.45, 2.75) is 45.2 Å². The molecule has 1 aliphatic rings. The molecule has 0 spiro atoms. The third-order valence-corrected chi connectivity index (χ3v) is 3.25. The average molecular weight is 145 g/mol. The fourth-order valence-electron chi connectivity index (χ4n) is 1.51. The molecule has 1 aliphatic heterocycles. The summed E-state index contributed by atoms with van der Waals surface area (Å²) in [5.74, 6) is 0.